The summed E-state index contributed by atoms with van der Waals surface area (Å²) in [5.41, 5.74) is 0.475. The first kappa shape index (κ1) is 18.5. The number of nitrogens with one attached hydrogen (secondary N) is 1. The van der Waals surface area contributed by atoms with Crippen LogP contribution in [0.15, 0.2) is 43.0 Å². The van der Waals surface area contributed by atoms with Gasteiger partial charge >= 0.3 is 5.69 Å². The summed E-state index contributed by atoms with van der Waals surface area (Å²) in [7, 11) is 0. The molecule has 1 N–H and O–H groups in total. The normalized spacial score (nSPS) is 12.0. The standard InChI is InChI=1S/C16H14ClFN6O3/c1-10(23-8-12(6-20-23)24(26)27)16(25)21-11-5-19-22(7-11)9-13-14(17)3-2-4-15(13)18/h2-8,10H,9H2,1H3,(H,21,25). The van der Waals surface area contributed by atoms with Gasteiger partial charge in [-0.2, -0.15) is 10.2 Å². The summed E-state index contributed by atoms with van der Waals surface area (Å²) in [6.45, 7) is 1.65. The van der Waals surface area contributed by atoms with E-state index in [1.807, 2.05) is 0 Å². The van der Waals surface area contributed by atoms with Gasteiger partial charge in [0.1, 0.15) is 24.3 Å². The number of nitro groups is 1. The lowest BCUT2D eigenvalue weighted by molar-refractivity contribution is -0.385. The van der Waals surface area contributed by atoms with Gasteiger partial charge in [-0.25, -0.2) is 4.39 Å². The Balaban J connectivity index is 1.67. The molecular formula is C16H14ClFN6O3. The Kier molecular flexibility index (Phi) is 5.17. The minimum Gasteiger partial charge on any atom is -0.322 e. The predicted octanol–water partition coefficient (Wildman–Crippen LogP) is 3.03. The Hall–Kier alpha value is -3.27. The molecule has 0 saturated heterocycles. The fraction of sp³-hybridized carbons (Fsp3) is 0.188. The number of hydrogen-bond donors (Lipinski definition) is 1. The van der Waals surface area contributed by atoms with E-state index in [0.717, 1.165) is 6.20 Å². The molecule has 27 heavy (non-hydrogen) atoms. The van der Waals surface area contributed by atoms with Crippen LogP contribution in [0, 0.1) is 15.9 Å². The molecule has 9 nitrogen and oxygen atoms in total. The fourth-order valence-corrected chi connectivity index (χ4v) is 2.58. The molecule has 11 heteroatoms. The second-order valence-electron chi connectivity index (χ2n) is 5.73. The summed E-state index contributed by atoms with van der Waals surface area (Å²) in [5.74, 6) is -0.881. The molecule has 0 spiro atoms. The van der Waals surface area contributed by atoms with E-state index >= 15 is 0 Å². The van der Waals surface area contributed by atoms with Crippen LogP contribution in [0.2, 0.25) is 5.02 Å². The Bertz CT molecular complexity index is 981. The van der Waals surface area contributed by atoms with Gasteiger partial charge < -0.3 is 5.32 Å². The van der Waals surface area contributed by atoms with Crippen molar-refractivity contribution in [2.45, 2.75) is 19.5 Å². The molecule has 0 saturated carbocycles. The second kappa shape index (κ2) is 7.54. The summed E-state index contributed by atoms with van der Waals surface area (Å²) < 4.78 is 16.5. The minimum atomic E-state index is -0.775. The number of nitrogens with zero attached hydrogens (tertiary/aromatic N) is 5. The van der Waals surface area contributed by atoms with Gasteiger partial charge in [-0.15, -0.1) is 0 Å². The first-order chi connectivity index (χ1) is 12.8. The summed E-state index contributed by atoms with van der Waals surface area (Å²) in [6.07, 6.45) is 5.18. The highest BCUT2D eigenvalue weighted by Crippen LogP contribution is 2.21. The fourth-order valence-electron chi connectivity index (χ4n) is 2.36. The highest BCUT2D eigenvalue weighted by molar-refractivity contribution is 6.31. The zero-order chi connectivity index (χ0) is 19.6. The molecule has 140 valence electrons. The van der Waals surface area contributed by atoms with Gasteiger partial charge in [0.2, 0.25) is 5.91 Å². The summed E-state index contributed by atoms with van der Waals surface area (Å²) in [5, 5.41) is 21.5. The quantitative estimate of drug-likeness (QED) is 0.512. The number of rotatable bonds is 6. The average molecular weight is 393 g/mol. The lowest BCUT2D eigenvalue weighted by Crippen LogP contribution is -2.23. The number of anilines is 1. The van der Waals surface area contributed by atoms with Gasteiger partial charge in [-0.05, 0) is 19.1 Å². The minimum absolute atomic E-state index is 0.0995. The molecule has 1 aromatic carbocycles. The van der Waals surface area contributed by atoms with Gasteiger partial charge in [0, 0.05) is 16.8 Å². The Labute approximate surface area is 157 Å². The van der Waals surface area contributed by atoms with Crippen LogP contribution in [0.1, 0.15) is 18.5 Å². The lowest BCUT2D eigenvalue weighted by Gasteiger charge is -2.11. The maximum Gasteiger partial charge on any atom is 0.307 e. The first-order valence-corrected chi connectivity index (χ1v) is 8.17. The molecule has 0 aliphatic rings. The van der Waals surface area contributed by atoms with Crippen LogP contribution in [0.25, 0.3) is 0 Å². The van der Waals surface area contributed by atoms with Crippen molar-refractivity contribution >= 4 is 28.9 Å². The Morgan fingerprint density at radius 1 is 1.37 bits per heavy atom. The lowest BCUT2D eigenvalue weighted by atomic mass is 10.2. The number of benzene rings is 1. The van der Waals surface area contributed by atoms with Crippen molar-refractivity contribution in [2.24, 2.45) is 0 Å². The molecule has 3 aromatic rings. The van der Waals surface area contributed by atoms with E-state index in [-0.39, 0.29) is 22.8 Å². The van der Waals surface area contributed by atoms with Crippen molar-refractivity contribution in [3.63, 3.8) is 0 Å². The maximum absolute atomic E-state index is 13.9. The molecule has 2 heterocycles. The van der Waals surface area contributed by atoms with E-state index < -0.39 is 22.7 Å². The first-order valence-electron chi connectivity index (χ1n) is 7.80. The number of carbonyl (C=O) groups is 1. The Morgan fingerprint density at radius 2 is 2.15 bits per heavy atom. The predicted molar refractivity (Wildman–Crippen MR) is 95.0 cm³/mol. The van der Waals surface area contributed by atoms with Crippen LogP contribution in [-0.2, 0) is 11.3 Å². The number of hydrogen-bond acceptors (Lipinski definition) is 5. The SMILES string of the molecule is CC(C(=O)Nc1cnn(Cc2c(F)cccc2Cl)c1)n1cc([N+](=O)[O-])cn1. The summed E-state index contributed by atoms with van der Waals surface area (Å²) in [4.78, 5) is 22.4. The van der Waals surface area contributed by atoms with Crippen LogP contribution < -0.4 is 5.32 Å². The van der Waals surface area contributed by atoms with Gasteiger partial charge in [-0.1, -0.05) is 17.7 Å². The summed E-state index contributed by atoms with van der Waals surface area (Å²) >= 11 is 6.00. The topological polar surface area (TPSA) is 108 Å². The van der Waals surface area contributed by atoms with Crippen molar-refractivity contribution < 1.29 is 14.1 Å². The van der Waals surface area contributed by atoms with Gasteiger partial charge in [0.15, 0.2) is 0 Å². The third-order valence-electron chi connectivity index (χ3n) is 3.86. The molecule has 0 aliphatic carbocycles. The van der Waals surface area contributed by atoms with Crippen molar-refractivity contribution in [1.29, 1.82) is 0 Å². The zero-order valence-corrected chi connectivity index (χ0v) is 14.8. The van der Waals surface area contributed by atoms with Crippen LogP contribution >= 0.6 is 11.6 Å². The monoisotopic (exact) mass is 392 g/mol. The van der Waals surface area contributed by atoms with E-state index in [4.69, 9.17) is 11.6 Å². The van der Waals surface area contributed by atoms with Crippen molar-refractivity contribution in [1.82, 2.24) is 19.6 Å². The van der Waals surface area contributed by atoms with Crippen molar-refractivity contribution in [3.8, 4) is 0 Å². The number of amides is 1. The van der Waals surface area contributed by atoms with E-state index in [1.165, 1.54) is 40.1 Å². The number of aromatic nitrogens is 4. The molecule has 0 radical (unpaired) electrons. The number of halogens is 2. The molecule has 0 aliphatic heterocycles. The van der Waals surface area contributed by atoms with E-state index in [9.17, 15) is 19.3 Å². The largest absolute Gasteiger partial charge is 0.322 e. The van der Waals surface area contributed by atoms with Crippen LogP contribution in [0.5, 0.6) is 0 Å². The third kappa shape index (κ3) is 4.11. The highest BCUT2D eigenvalue weighted by Gasteiger charge is 2.19. The van der Waals surface area contributed by atoms with E-state index in [0.29, 0.717) is 5.69 Å². The van der Waals surface area contributed by atoms with Crippen LogP contribution in [-0.4, -0.2) is 30.4 Å². The smallest absolute Gasteiger partial charge is 0.307 e. The van der Waals surface area contributed by atoms with Gasteiger partial charge in [-0.3, -0.25) is 24.3 Å². The van der Waals surface area contributed by atoms with Crippen LogP contribution in [0.3, 0.4) is 0 Å². The molecule has 1 amide bonds. The molecule has 1 unspecified atom stereocenters. The van der Waals surface area contributed by atoms with Crippen molar-refractivity contribution in [3.05, 3.63) is 69.5 Å². The molecule has 2 aromatic heterocycles. The number of carbonyl (C=O) groups excluding carboxylic acids is 1. The molecule has 0 fully saturated rings. The van der Waals surface area contributed by atoms with Crippen LogP contribution in [0.4, 0.5) is 15.8 Å². The van der Waals surface area contributed by atoms with Gasteiger partial charge in [0.05, 0.1) is 23.4 Å². The Morgan fingerprint density at radius 3 is 2.81 bits per heavy atom. The summed E-state index contributed by atoms with van der Waals surface area (Å²) in [6, 6.07) is 3.62. The molecular weight excluding hydrogens is 379 g/mol. The van der Waals surface area contributed by atoms with E-state index in [2.05, 4.69) is 15.5 Å². The molecule has 1 atom stereocenters. The molecule has 0 bridgehead atoms. The highest BCUT2D eigenvalue weighted by atomic mass is 35.5. The molecule has 3 rings (SSSR count). The van der Waals surface area contributed by atoms with Crippen molar-refractivity contribution in [2.75, 3.05) is 5.32 Å². The van der Waals surface area contributed by atoms with Gasteiger partial charge in [0.25, 0.3) is 0 Å². The second-order valence-corrected chi connectivity index (χ2v) is 6.13. The average Bonchev–Trinajstić information content (AvgIpc) is 3.27. The van der Waals surface area contributed by atoms with E-state index in [1.54, 1.807) is 13.0 Å². The third-order valence-corrected chi connectivity index (χ3v) is 4.21. The maximum atomic E-state index is 13.9. The zero-order valence-electron chi connectivity index (χ0n) is 14.0.